The van der Waals surface area contributed by atoms with E-state index in [0.29, 0.717) is 23.4 Å². The molecule has 5 nitrogen and oxygen atoms in total. The number of amides is 2. The summed E-state index contributed by atoms with van der Waals surface area (Å²) in [6.45, 7) is 6.64. The third-order valence-electron chi connectivity index (χ3n) is 5.77. The van der Waals surface area contributed by atoms with Gasteiger partial charge in [0.25, 0.3) is 11.8 Å². The number of imide groups is 1. The van der Waals surface area contributed by atoms with E-state index >= 15 is 0 Å². The molecule has 3 aromatic carbocycles. The van der Waals surface area contributed by atoms with Gasteiger partial charge in [-0.15, -0.1) is 0 Å². The minimum atomic E-state index is -0.368. The zero-order valence-electron chi connectivity index (χ0n) is 19.2. The Hall–Kier alpha value is -3.86. The van der Waals surface area contributed by atoms with Crippen molar-refractivity contribution < 1.29 is 14.3 Å². The molecule has 0 bridgehead atoms. The van der Waals surface area contributed by atoms with Crippen LogP contribution in [0.3, 0.4) is 0 Å². The largest absolute Gasteiger partial charge is 0.494 e. The fraction of sp³-hybridized carbons (Fsp3) is 0.214. The predicted octanol–water partition coefficient (Wildman–Crippen LogP) is 5.61. The molecule has 3 aromatic rings. The van der Waals surface area contributed by atoms with Crippen molar-refractivity contribution in [3.63, 3.8) is 0 Å². The smallest absolute Gasteiger partial charge is 0.282 e. The SMILES string of the molecule is CCOc1ccc(C2=C(Nc3ccc(CC)cc3)C(=O)N(c3ccc(CC)cc3)C2=O)cc1. The van der Waals surface area contributed by atoms with E-state index in [9.17, 15) is 9.59 Å². The fourth-order valence-corrected chi connectivity index (χ4v) is 3.88. The van der Waals surface area contributed by atoms with E-state index < -0.39 is 0 Å². The molecule has 0 radical (unpaired) electrons. The van der Waals surface area contributed by atoms with Gasteiger partial charge in [-0.2, -0.15) is 0 Å². The molecule has 168 valence electrons. The summed E-state index contributed by atoms with van der Waals surface area (Å²) in [4.78, 5) is 28.3. The third kappa shape index (κ3) is 4.53. The molecular weight excluding hydrogens is 412 g/mol. The topological polar surface area (TPSA) is 58.6 Å². The number of benzene rings is 3. The summed E-state index contributed by atoms with van der Waals surface area (Å²) in [6, 6.07) is 22.7. The second-order valence-electron chi connectivity index (χ2n) is 7.85. The van der Waals surface area contributed by atoms with Crippen LogP contribution in [0.4, 0.5) is 11.4 Å². The highest BCUT2D eigenvalue weighted by atomic mass is 16.5. The Balaban J connectivity index is 1.75. The van der Waals surface area contributed by atoms with Crippen LogP contribution in [0.5, 0.6) is 5.75 Å². The summed E-state index contributed by atoms with van der Waals surface area (Å²) >= 11 is 0. The molecule has 1 aliphatic heterocycles. The molecule has 0 aliphatic carbocycles. The average Bonchev–Trinajstić information content (AvgIpc) is 3.09. The van der Waals surface area contributed by atoms with E-state index in [0.717, 1.165) is 29.8 Å². The van der Waals surface area contributed by atoms with Gasteiger partial charge in [0, 0.05) is 5.69 Å². The van der Waals surface area contributed by atoms with Gasteiger partial charge in [-0.3, -0.25) is 9.59 Å². The standard InChI is InChI=1S/C28H28N2O3/c1-4-19-7-13-22(14-8-19)29-26-25(21-11-17-24(18-12-21)33-6-3)27(31)30(28(26)32)23-15-9-20(5-2)10-16-23/h7-18,29H,4-6H2,1-3H3. The number of carbonyl (C=O) groups is 2. The van der Waals surface area contributed by atoms with Gasteiger partial charge in [-0.1, -0.05) is 50.2 Å². The number of hydrogen-bond acceptors (Lipinski definition) is 4. The lowest BCUT2D eigenvalue weighted by Crippen LogP contribution is -2.32. The van der Waals surface area contributed by atoms with E-state index in [1.807, 2.05) is 79.7 Å². The van der Waals surface area contributed by atoms with Crippen LogP contribution in [0.25, 0.3) is 5.57 Å². The molecule has 1 aliphatic rings. The minimum absolute atomic E-state index is 0.271. The summed E-state index contributed by atoms with van der Waals surface area (Å²) in [5, 5.41) is 3.22. The van der Waals surface area contributed by atoms with E-state index in [4.69, 9.17) is 4.74 Å². The lowest BCUT2D eigenvalue weighted by atomic mass is 10.0. The van der Waals surface area contributed by atoms with Crippen LogP contribution in [0.1, 0.15) is 37.5 Å². The predicted molar refractivity (Wildman–Crippen MR) is 132 cm³/mol. The molecule has 2 amide bonds. The van der Waals surface area contributed by atoms with E-state index in [-0.39, 0.29) is 17.5 Å². The Bertz CT molecular complexity index is 1180. The summed E-state index contributed by atoms with van der Waals surface area (Å²) in [7, 11) is 0. The Morgan fingerprint density at radius 2 is 1.30 bits per heavy atom. The van der Waals surface area contributed by atoms with E-state index in [1.165, 1.54) is 10.5 Å². The summed E-state index contributed by atoms with van der Waals surface area (Å²) in [5.41, 5.74) is 4.95. The molecular formula is C28H28N2O3. The molecule has 0 spiro atoms. The summed E-state index contributed by atoms with van der Waals surface area (Å²) in [5.74, 6) is 0.00378. The Labute approximate surface area is 194 Å². The summed E-state index contributed by atoms with van der Waals surface area (Å²) in [6.07, 6.45) is 1.82. The van der Waals surface area contributed by atoms with Crippen molar-refractivity contribution in [1.29, 1.82) is 0 Å². The number of aryl methyl sites for hydroxylation is 2. The second-order valence-corrected chi connectivity index (χ2v) is 7.85. The number of nitrogens with zero attached hydrogens (tertiary/aromatic N) is 1. The Morgan fingerprint density at radius 1 is 0.727 bits per heavy atom. The molecule has 0 atom stereocenters. The van der Waals surface area contributed by atoms with Gasteiger partial charge in [-0.25, -0.2) is 4.90 Å². The van der Waals surface area contributed by atoms with Crippen molar-refractivity contribution in [2.45, 2.75) is 33.6 Å². The van der Waals surface area contributed by atoms with Gasteiger partial charge in [0.1, 0.15) is 11.4 Å². The third-order valence-corrected chi connectivity index (χ3v) is 5.77. The maximum Gasteiger partial charge on any atom is 0.282 e. The number of nitrogens with one attached hydrogen (secondary N) is 1. The Morgan fingerprint density at radius 3 is 1.85 bits per heavy atom. The summed E-state index contributed by atoms with van der Waals surface area (Å²) < 4.78 is 5.53. The second kappa shape index (κ2) is 9.74. The van der Waals surface area contributed by atoms with E-state index in [2.05, 4.69) is 19.2 Å². The molecule has 33 heavy (non-hydrogen) atoms. The van der Waals surface area contributed by atoms with Crippen molar-refractivity contribution >= 4 is 28.8 Å². The molecule has 0 aromatic heterocycles. The first-order chi connectivity index (χ1) is 16.0. The molecule has 0 unspecified atom stereocenters. The van der Waals surface area contributed by atoms with Gasteiger partial charge < -0.3 is 10.1 Å². The van der Waals surface area contributed by atoms with Gasteiger partial charge in [-0.05, 0) is 72.9 Å². The highest BCUT2D eigenvalue weighted by Crippen LogP contribution is 2.34. The van der Waals surface area contributed by atoms with Crippen molar-refractivity contribution in [1.82, 2.24) is 0 Å². The number of carbonyl (C=O) groups excluding carboxylic acids is 2. The lowest BCUT2D eigenvalue weighted by Gasteiger charge is -2.16. The van der Waals surface area contributed by atoms with Crippen LogP contribution in [-0.2, 0) is 22.4 Å². The lowest BCUT2D eigenvalue weighted by molar-refractivity contribution is -0.120. The average molecular weight is 441 g/mol. The molecule has 4 rings (SSSR count). The van der Waals surface area contributed by atoms with Crippen LogP contribution in [-0.4, -0.2) is 18.4 Å². The molecule has 0 saturated heterocycles. The van der Waals surface area contributed by atoms with Crippen LogP contribution in [0.15, 0.2) is 78.5 Å². The molecule has 1 heterocycles. The van der Waals surface area contributed by atoms with Crippen LogP contribution in [0.2, 0.25) is 0 Å². The van der Waals surface area contributed by atoms with Gasteiger partial charge in [0.15, 0.2) is 0 Å². The highest BCUT2D eigenvalue weighted by Gasteiger charge is 2.40. The Kier molecular flexibility index (Phi) is 6.59. The number of rotatable bonds is 8. The first-order valence-electron chi connectivity index (χ1n) is 11.4. The van der Waals surface area contributed by atoms with Gasteiger partial charge in [0.05, 0.1) is 17.9 Å². The fourth-order valence-electron chi connectivity index (χ4n) is 3.88. The first kappa shape index (κ1) is 22.3. The van der Waals surface area contributed by atoms with Crippen LogP contribution >= 0.6 is 0 Å². The van der Waals surface area contributed by atoms with Crippen molar-refractivity contribution in [3.8, 4) is 5.75 Å². The highest BCUT2D eigenvalue weighted by molar-refractivity contribution is 6.46. The minimum Gasteiger partial charge on any atom is -0.494 e. The van der Waals surface area contributed by atoms with E-state index in [1.54, 1.807) is 0 Å². The quantitative estimate of drug-likeness (QED) is 0.463. The van der Waals surface area contributed by atoms with Gasteiger partial charge >= 0.3 is 0 Å². The monoisotopic (exact) mass is 440 g/mol. The molecule has 1 N–H and O–H groups in total. The number of anilines is 2. The molecule has 0 fully saturated rings. The molecule has 0 saturated carbocycles. The first-order valence-corrected chi connectivity index (χ1v) is 11.4. The molecule has 5 heteroatoms. The van der Waals surface area contributed by atoms with Crippen molar-refractivity contribution in [2.24, 2.45) is 0 Å². The maximum absolute atomic E-state index is 13.6. The van der Waals surface area contributed by atoms with Gasteiger partial charge in [0.2, 0.25) is 0 Å². The normalized spacial score (nSPS) is 13.6. The maximum atomic E-state index is 13.6. The van der Waals surface area contributed by atoms with Crippen LogP contribution in [0, 0.1) is 0 Å². The zero-order chi connectivity index (χ0) is 23.4. The number of hydrogen-bond donors (Lipinski definition) is 1. The number of ether oxygens (including phenoxy) is 1. The van der Waals surface area contributed by atoms with Crippen molar-refractivity contribution in [3.05, 3.63) is 95.2 Å². The van der Waals surface area contributed by atoms with Crippen LogP contribution < -0.4 is 15.0 Å². The zero-order valence-corrected chi connectivity index (χ0v) is 19.2. The van der Waals surface area contributed by atoms with Crippen molar-refractivity contribution in [2.75, 3.05) is 16.8 Å².